The van der Waals surface area contributed by atoms with Gasteiger partial charge in [-0.2, -0.15) is 9.57 Å². The number of alkyl halides is 2. The van der Waals surface area contributed by atoms with Crippen LogP contribution in [-0.4, -0.2) is 66.7 Å². The van der Waals surface area contributed by atoms with Crippen molar-refractivity contribution in [2.45, 2.75) is 30.2 Å². The monoisotopic (exact) mass is 587 g/mol. The van der Waals surface area contributed by atoms with Gasteiger partial charge in [0.1, 0.15) is 6.04 Å². The van der Waals surface area contributed by atoms with Gasteiger partial charge in [-0.1, -0.05) is 24.3 Å². The Morgan fingerprint density at radius 3 is 2.55 bits per heavy atom. The van der Waals surface area contributed by atoms with Crippen LogP contribution in [0.3, 0.4) is 0 Å². The molecule has 4 rings (SSSR count). The zero-order valence-corrected chi connectivity index (χ0v) is 22.9. The highest BCUT2D eigenvalue weighted by Gasteiger charge is 2.47. The molecule has 0 aliphatic carbocycles. The molecule has 0 radical (unpaired) electrons. The summed E-state index contributed by atoms with van der Waals surface area (Å²) >= 11 is 0.689. The largest absolute Gasteiger partial charge is 0.343 e. The van der Waals surface area contributed by atoms with Gasteiger partial charge in [0, 0.05) is 22.9 Å². The summed E-state index contributed by atoms with van der Waals surface area (Å²) in [7, 11) is -3.94. The van der Waals surface area contributed by atoms with Gasteiger partial charge >= 0.3 is 5.24 Å². The Morgan fingerprint density at radius 1 is 1.20 bits per heavy atom. The predicted molar refractivity (Wildman–Crippen MR) is 145 cm³/mol. The normalized spacial score (nSPS) is 16.4. The van der Waals surface area contributed by atoms with E-state index in [1.54, 1.807) is 43.3 Å². The lowest BCUT2D eigenvalue weighted by Crippen LogP contribution is -2.43. The number of likely N-dealkylation sites (tertiary alicyclic amines) is 1. The van der Waals surface area contributed by atoms with Gasteiger partial charge in [-0.15, -0.1) is 0 Å². The maximum atomic E-state index is 13.7. The van der Waals surface area contributed by atoms with E-state index in [9.17, 15) is 31.6 Å². The number of thioether (sulfide) groups is 1. The minimum absolute atomic E-state index is 0.148. The predicted octanol–water partition coefficient (Wildman–Crippen LogP) is 3.71. The Kier molecular flexibility index (Phi) is 8.08. The maximum Gasteiger partial charge on any atom is 0.304 e. The first-order valence-electron chi connectivity index (χ1n) is 11.8. The fourth-order valence-corrected chi connectivity index (χ4v) is 6.38. The molecule has 1 atom stereocenters. The summed E-state index contributed by atoms with van der Waals surface area (Å²) in [6.45, 7) is 0.190. The van der Waals surface area contributed by atoms with Gasteiger partial charge in [-0.3, -0.25) is 19.4 Å². The van der Waals surface area contributed by atoms with Crippen molar-refractivity contribution in [2.24, 2.45) is 0 Å². The standard InChI is InChI=1S/C26H23F2N5O5S2/c1-16-21(39-25(36)33(40(2,37)38)17-6-4-3-5-7-17)9-8-19-20(10-11-30-23(16)19)24(35)31-14-22(34)32-15-26(27,28)12-18(32)13-29/h3-11,18H,12,14-15H2,1-2H3,(H,31,35). The molecule has 1 fully saturated rings. The number of carbonyl (C=O) groups excluding carboxylic acids is 3. The third-order valence-corrected chi connectivity index (χ3v) is 8.36. The highest BCUT2D eigenvalue weighted by Crippen LogP contribution is 2.34. The van der Waals surface area contributed by atoms with Crippen LogP contribution in [-0.2, 0) is 14.8 Å². The molecule has 3 amide bonds. The number of fused-ring (bicyclic) bond motifs is 1. The van der Waals surface area contributed by atoms with Gasteiger partial charge in [-0.05, 0) is 48.5 Å². The number of carbonyl (C=O) groups is 3. The van der Waals surface area contributed by atoms with Gasteiger partial charge in [0.25, 0.3) is 11.8 Å². The topological polar surface area (TPSA) is 141 Å². The van der Waals surface area contributed by atoms with Crippen molar-refractivity contribution in [3.05, 3.63) is 65.9 Å². The van der Waals surface area contributed by atoms with E-state index in [4.69, 9.17) is 5.26 Å². The highest BCUT2D eigenvalue weighted by atomic mass is 32.2. The fourth-order valence-electron chi connectivity index (χ4n) is 4.33. The van der Waals surface area contributed by atoms with Gasteiger partial charge in [-0.25, -0.2) is 17.2 Å². The highest BCUT2D eigenvalue weighted by molar-refractivity contribution is 8.15. The summed E-state index contributed by atoms with van der Waals surface area (Å²) in [5, 5.41) is 11.1. The number of rotatable bonds is 6. The zero-order chi connectivity index (χ0) is 29.2. The number of nitriles is 1. The van der Waals surface area contributed by atoms with Crippen LogP contribution in [0.2, 0.25) is 0 Å². The molecule has 208 valence electrons. The van der Waals surface area contributed by atoms with Crippen molar-refractivity contribution in [1.29, 1.82) is 5.26 Å². The van der Waals surface area contributed by atoms with Crippen molar-refractivity contribution < 1.29 is 31.6 Å². The Hall–Kier alpha value is -4.09. The Morgan fingerprint density at radius 2 is 1.90 bits per heavy atom. The van der Waals surface area contributed by atoms with Crippen LogP contribution < -0.4 is 9.62 Å². The molecule has 1 saturated heterocycles. The third-order valence-electron chi connectivity index (χ3n) is 6.19. The molecule has 2 heterocycles. The molecule has 10 nitrogen and oxygen atoms in total. The molecule has 0 saturated carbocycles. The zero-order valence-electron chi connectivity index (χ0n) is 21.3. The Balaban J connectivity index is 1.54. The molecule has 1 aromatic heterocycles. The first kappa shape index (κ1) is 28.9. The number of para-hydroxylation sites is 1. The second kappa shape index (κ2) is 11.2. The fraction of sp³-hybridized carbons (Fsp3) is 0.269. The van der Waals surface area contributed by atoms with Crippen LogP contribution in [0.1, 0.15) is 22.3 Å². The van der Waals surface area contributed by atoms with E-state index in [0.29, 0.717) is 37.4 Å². The van der Waals surface area contributed by atoms with Crippen molar-refractivity contribution in [1.82, 2.24) is 15.2 Å². The van der Waals surface area contributed by atoms with E-state index < -0.39 is 58.6 Å². The van der Waals surface area contributed by atoms with Crippen molar-refractivity contribution >= 4 is 55.4 Å². The number of amides is 3. The van der Waals surface area contributed by atoms with Gasteiger partial charge in [0.15, 0.2) is 0 Å². The number of pyridine rings is 1. The first-order valence-corrected chi connectivity index (χ1v) is 14.5. The van der Waals surface area contributed by atoms with E-state index in [1.807, 2.05) is 0 Å². The second-order valence-electron chi connectivity index (χ2n) is 9.08. The number of nitrogens with one attached hydrogen (secondary N) is 1. The Bertz CT molecular complexity index is 1640. The molecule has 1 aliphatic heterocycles. The van der Waals surface area contributed by atoms with Crippen LogP contribution >= 0.6 is 11.8 Å². The molecule has 14 heteroatoms. The van der Waals surface area contributed by atoms with E-state index >= 15 is 0 Å². The summed E-state index contributed by atoms with van der Waals surface area (Å²) in [4.78, 5) is 44.0. The smallest absolute Gasteiger partial charge is 0.304 e. The van der Waals surface area contributed by atoms with Gasteiger partial charge < -0.3 is 10.2 Å². The Labute approximate surface area is 233 Å². The minimum Gasteiger partial charge on any atom is -0.343 e. The molecule has 1 N–H and O–H groups in total. The molecule has 0 bridgehead atoms. The molecule has 1 unspecified atom stereocenters. The average molecular weight is 588 g/mol. The second-order valence-corrected chi connectivity index (χ2v) is 11.9. The molecular formula is C26H23F2N5O5S2. The van der Waals surface area contributed by atoms with Crippen LogP contribution in [0.15, 0.2) is 59.6 Å². The lowest BCUT2D eigenvalue weighted by atomic mass is 10.1. The summed E-state index contributed by atoms with van der Waals surface area (Å²) in [6.07, 6.45) is 1.54. The van der Waals surface area contributed by atoms with E-state index in [-0.39, 0.29) is 11.3 Å². The van der Waals surface area contributed by atoms with Gasteiger partial charge in [0.05, 0.1) is 42.2 Å². The van der Waals surface area contributed by atoms with E-state index in [1.165, 1.54) is 24.4 Å². The summed E-state index contributed by atoms with van der Waals surface area (Å²) in [6, 6.07) is 12.8. The van der Waals surface area contributed by atoms with Crippen LogP contribution in [0.4, 0.5) is 19.3 Å². The van der Waals surface area contributed by atoms with Crippen molar-refractivity contribution in [3.63, 3.8) is 0 Å². The number of hydrogen-bond donors (Lipinski definition) is 1. The third kappa shape index (κ3) is 6.05. The van der Waals surface area contributed by atoms with Crippen LogP contribution in [0.25, 0.3) is 10.9 Å². The number of benzene rings is 2. The molecule has 3 aromatic rings. The van der Waals surface area contributed by atoms with Crippen LogP contribution in [0.5, 0.6) is 0 Å². The lowest BCUT2D eigenvalue weighted by Gasteiger charge is -2.20. The van der Waals surface area contributed by atoms with E-state index in [2.05, 4.69) is 10.3 Å². The maximum absolute atomic E-state index is 13.7. The molecule has 40 heavy (non-hydrogen) atoms. The number of nitrogens with zero attached hydrogens (tertiary/aromatic N) is 4. The number of halogens is 2. The van der Waals surface area contributed by atoms with Crippen molar-refractivity contribution in [2.75, 3.05) is 23.7 Å². The number of hydrogen-bond acceptors (Lipinski definition) is 8. The first-order chi connectivity index (χ1) is 18.8. The average Bonchev–Trinajstić information content (AvgIpc) is 3.23. The molecule has 0 spiro atoms. The number of anilines is 1. The minimum atomic E-state index is -3.94. The molecule has 1 aliphatic rings. The lowest BCUT2D eigenvalue weighted by molar-refractivity contribution is -0.131. The summed E-state index contributed by atoms with van der Waals surface area (Å²) in [5.74, 6) is -4.64. The summed E-state index contributed by atoms with van der Waals surface area (Å²) < 4.78 is 52.8. The van der Waals surface area contributed by atoms with Crippen molar-refractivity contribution in [3.8, 4) is 6.07 Å². The van der Waals surface area contributed by atoms with Crippen LogP contribution in [0, 0.1) is 18.3 Å². The SMILES string of the molecule is Cc1c(SC(=O)N(c2ccccc2)S(C)(=O)=O)ccc2c(C(=O)NCC(=O)N3CC(F)(F)CC3C#N)ccnc12. The quantitative estimate of drug-likeness (QED) is 0.431. The number of sulfonamides is 1. The van der Waals surface area contributed by atoms with E-state index in [0.717, 1.165) is 11.2 Å². The van der Waals surface area contributed by atoms with Gasteiger partial charge in [0.2, 0.25) is 15.9 Å². The molecular weight excluding hydrogens is 564 g/mol. The number of aromatic nitrogens is 1. The number of aryl methyl sites for hydroxylation is 1. The summed E-state index contributed by atoms with van der Waals surface area (Å²) in [5.41, 5.74) is 1.21. The molecule has 2 aromatic carbocycles.